The van der Waals surface area contributed by atoms with Crippen LogP contribution in [-0.4, -0.2) is 37.5 Å². The van der Waals surface area contributed by atoms with Crippen LogP contribution in [-0.2, 0) is 9.59 Å². The molecule has 0 spiro atoms. The maximum atomic E-state index is 12.1. The number of unbranched alkanes of at least 4 members (excludes halogenated alkanes) is 1. The lowest BCUT2D eigenvalue weighted by Gasteiger charge is -2.08. The number of ether oxygens (including phenoxy) is 2. The lowest BCUT2D eigenvalue weighted by atomic mass is 10.2. The molecule has 0 aliphatic carbocycles. The van der Waals surface area contributed by atoms with Gasteiger partial charge in [-0.3, -0.25) is 9.59 Å². The Balaban J connectivity index is 1.71. The van der Waals surface area contributed by atoms with Crippen molar-refractivity contribution in [2.24, 2.45) is 10.2 Å². The SMILES string of the molecule is CCCOc1ccc(Br)cc1C=NNC(=O)CCCCC(=O)NN=Cc1cc(Br)ccc1OCCC. The van der Waals surface area contributed by atoms with Crippen molar-refractivity contribution in [3.63, 3.8) is 0 Å². The Kier molecular flexibility index (Phi) is 13.8. The summed E-state index contributed by atoms with van der Waals surface area (Å²) in [6.45, 7) is 5.28. The summed E-state index contributed by atoms with van der Waals surface area (Å²) >= 11 is 6.86. The second kappa shape index (κ2) is 16.9. The highest BCUT2D eigenvalue weighted by Crippen LogP contribution is 2.23. The molecule has 0 aromatic heterocycles. The predicted octanol–water partition coefficient (Wildman–Crippen LogP) is 5.95. The van der Waals surface area contributed by atoms with Gasteiger partial charge < -0.3 is 9.47 Å². The van der Waals surface area contributed by atoms with E-state index in [2.05, 4.69) is 52.9 Å². The summed E-state index contributed by atoms with van der Waals surface area (Å²) < 4.78 is 13.2. The van der Waals surface area contributed by atoms with E-state index in [4.69, 9.17) is 9.47 Å². The number of halogens is 2. The van der Waals surface area contributed by atoms with Gasteiger partial charge in [0, 0.05) is 32.9 Å². The van der Waals surface area contributed by atoms with E-state index in [0.29, 0.717) is 37.6 Å². The zero-order valence-electron chi connectivity index (χ0n) is 20.6. The monoisotopic (exact) mass is 622 g/mol. The number of carbonyl (C=O) groups is 2. The van der Waals surface area contributed by atoms with Crippen molar-refractivity contribution in [2.75, 3.05) is 13.2 Å². The summed E-state index contributed by atoms with van der Waals surface area (Å²) in [4.78, 5) is 24.1. The van der Waals surface area contributed by atoms with Gasteiger partial charge >= 0.3 is 0 Å². The summed E-state index contributed by atoms with van der Waals surface area (Å²) in [5, 5.41) is 8.06. The number of hydrogen-bond acceptors (Lipinski definition) is 6. The molecule has 10 heteroatoms. The zero-order chi connectivity index (χ0) is 26.2. The number of rotatable bonds is 15. The van der Waals surface area contributed by atoms with Crippen molar-refractivity contribution in [2.45, 2.75) is 52.4 Å². The standard InChI is InChI=1S/C26H32Br2N4O4/c1-3-13-35-23-11-9-21(27)15-19(23)17-29-31-25(33)7-5-6-8-26(34)32-30-18-20-16-22(28)10-12-24(20)36-14-4-2/h9-12,15-18H,3-8,13-14H2,1-2H3,(H,31,33)(H,32,34). The summed E-state index contributed by atoms with van der Waals surface area (Å²) in [7, 11) is 0. The smallest absolute Gasteiger partial charge is 0.240 e. The Hall–Kier alpha value is -2.72. The largest absolute Gasteiger partial charge is 0.493 e. The number of benzene rings is 2. The first-order valence-electron chi connectivity index (χ1n) is 11.9. The van der Waals surface area contributed by atoms with Crippen LogP contribution in [0, 0.1) is 0 Å². The average molecular weight is 624 g/mol. The molecule has 0 fully saturated rings. The van der Waals surface area contributed by atoms with Gasteiger partial charge in [-0.25, -0.2) is 10.9 Å². The van der Waals surface area contributed by atoms with Crippen LogP contribution in [0.5, 0.6) is 11.5 Å². The van der Waals surface area contributed by atoms with Crippen LogP contribution in [0.1, 0.15) is 63.5 Å². The van der Waals surface area contributed by atoms with E-state index >= 15 is 0 Å². The summed E-state index contributed by atoms with van der Waals surface area (Å²) in [5.74, 6) is 0.975. The van der Waals surface area contributed by atoms with Gasteiger partial charge in [0.15, 0.2) is 0 Å². The third-order valence-corrected chi connectivity index (χ3v) is 5.70. The van der Waals surface area contributed by atoms with E-state index < -0.39 is 0 Å². The maximum Gasteiger partial charge on any atom is 0.240 e. The fraction of sp³-hybridized carbons (Fsp3) is 0.385. The Morgan fingerprint density at radius 3 is 1.58 bits per heavy atom. The van der Waals surface area contributed by atoms with Gasteiger partial charge in [-0.15, -0.1) is 0 Å². The number of hydrogen-bond donors (Lipinski definition) is 2. The molecule has 8 nitrogen and oxygen atoms in total. The molecule has 36 heavy (non-hydrogen) atoms. The van der Waals surface area contributed by atoms with Gasteiger partial charge in [-0.1, -0.05) is 45.7 Å². The van der Waals surface area contributed by atoms with E-state index in [9.17, 15) is 9.59 Å². The summed E-state index contributed by atoms with van der Waals surface area (Å²) in [5.41, 5.74) is 6.57. The second-order valence-corrected chi connectivity index (χ2v) is 9.69. The van der Waals surface area contributed by atoms with Crippen molar-refractivity contribution in [1.82, 2.24) is 10.9 Å². The second-order valence-electron chi connectivity index (χ2n) is 7.85. The number of hydrazone groups is 2. The highest BCUT2D eigenvalue weighted by Gasteiger charge is 2.06. The Morgan fingerprint density at radius 2 is 1.19 bits per heavy atom. The van der Waals surface area contributed by atoms with Crippen LogP contribution in [0.25, 0.3) is 0 Å². The lowest BCUT2D eigenvalue weighted by Crippen LogP contribution is -2.19. The molecule has 0 bridgehead atoms. The van der Waals surface area contributed by atoms with Crippen LogP contribution in [0.4, 0.5) is 0 Å². The highest BCUT2D eigenvalue weighted by molar-refractivity contribution is 9.10. The van der Waals surface area contributed by atoms with E-state index in [1.807, 2.05) is 50.2 Å². The molecular weight excluding hydrogens is 592 g/mol. The third-order valence-electron chi connectivity index (χ3n) is 4.71. The van der Waals surface area contributed by atoms with Gasteiger partial charge in [0.05, 0.1) is 25.6 Å². The number of nitrogens with one attached hydrogen (secondary N) is 2. The van der Waals surface area contributed by atoms with Crippen LogP contribution in [0.2, 0.25) is 0 Å². The molecule has 0 heterocycles. The first-order chi connectivity index (χ1) is 17.4. The van der Waals surface area contributed by atoms with Crippen molar-refractivity contribution in [1.29, 1.82) is 0 Å². The molecule has 0 radical (unpaired) electrons. The molecule has 0 unspecified atom stereocenters. The molecular formula is C26H32Br2N4O4. The van der Waals surface area contributed by atoms with Crippen LogP contribution < -0.4 is 20.3 Å². The highest BCUT2D eigenvalue weighted by atomic mass is 79.9. The van der Waals surface area contributed by atoms with Crippen LogP contribution in [0.3, 0.4) is 0 Å². The van der Waals surface area contributed by atoms with E-state index in [-0.39, 0.29) is 24.7 Å². The summed E-state index contributed by atoms with van der Waals surface area (Å²) in [6, 6.07) is 11.2. The molecule has 2 amide bonds. The first-order valence-corrected chi connectivity index (χ1v) is 13.5. The minimum atomic E-state index is -0.218. The van der Waals surface area contributed by atoms with Crippen molar-refractivity contribution < 1.29 is 19.1 Å². The molecule has 194 valence electrons. The Labute approximate surface area is 229 Å². The first kappa shape index (κ1) is 29.5. The average Bonchev–Trinajstić information content (AvgIpc) is 2.85. The Bertz CT molecular complexity index is 977. The number of carbonyl (C=O) groups excluding carboxylic acids is 2. The van der Waals surface area contributed by atoms with E-state index in [1.54, 1.807) is 12.4 Å². The lowest BCUT2D eigenvalue weighted by molar-refractivity contribution is -0.123. The van der Waals surface area contributed by atoms with Crippen LogP contribution >= 0.6 is 31.9 Å². The predicted molar refractivity (Wildman–Crippen MR) is 150 cm³/mol. The molecule has 0 saturated carbocycles. The Morgan fingerprint density at radius 1 is 0.778 bits per heavy atom. The van der Waals surface area contributed by atoms with Crippen molar-refractivity contribution in [3.8, 4) is 11.5 Å². The quantitative estimate of drug-likeness (QED) is 0.145. The minimum Gasteiger partial charge on any atom is -0.493 e. The maximum absolute atomic E-state index is 12.1. The molecule has 2 aromatic rings. The third kappa shape index (κ3) is 11.3. The van der Waals surface area contributed by atoms with E-state index in [1.165, 1.54) is 0 Å². The van der Waals surface area contributed by atoms with E-state index in [0.717, 1.165) is 32.9 Å². The minimum absolute atomic E-state index is 0.218. The molecule has 2 N–H and O–H groups in total. The van der Waals surface area contributed by atoms with Gasteiger partial charge in [0.25, 0.3) is 0 Å². The fourth-order valence-electron chi connectivity index (χ4n) is 2.96. The van der Waals surface area contributed by atoms with Gasteiger partial charge in [-0.2, -0.15) is 10.2 Å². The van der Waals surface area contributed by atoms with Crippen LogP contribution in [0.15, 0.2) is 55.5 Å². The van der Waals surface area contributed by atoms with Crippen molar-refractivity contribution in [3.05, 3.63) is 56.5 Å². The van der Waals surface area contributed by atoms with Gasteiger partial charge in [-0.05, 0) is 62.1 Å². The molecule has 0 atom stereocenters. The molecule has 0 saturated heterocycles. The van der Waals surface area contributed by atoms with Gasteiger partial charge in [0.1, 0.15) is 11.5 Å². The van der Waals surface area contributed by atoms with Gasteiger partial charge in [0.2, 0.25) is 11.8 Å². The number of amides is 2. The topological polar surface area (TPSA) is 101 Å². The van der Waals surface area contributed by atoms with Crippen molar-refractivity contribution >= 4 is 56.1 Å². The normalized spacial score (nSPS) is 11.1. The molecule has 2 rings (SSSR count). The molecule has 0 aliphatic rings. The number of nitrogens with zero attached hydrogens (tertiary/aromatic N) is 2. The fourth-order valence-corrected chi connectivity index (χ4v) is 3.72. The zero-order valence-corrected chi connectivity index (χ0v) is 23.7. The molecule has 0 aliphatic heterocycles. The summed E-state index contributed by atoms with van der Waals surface area (Å²) in [6.07, 6.45) is 6.55. The molecule has 2 aromatic carbocycles.